The summed E-state index contributed by atoms with van der Waals surface area (Å²) in [6.45, 7) is 6.61. The largest absolute Gasteiger partial charge is 0.312 e. The first-order valence-electron chi connectivity index (χ1n) is 5.51. The fraction of sp³-hybridized carbons (Fsp3) is 0.667. The summed E-state index contributed by atoms with van der Waals surface area (Å²) in [5.74, 6) is 0.753. The maximum absolute atomic E-state index is 6.09. The van der Waals surface area contributed by atoms with Gasteiger partial charge >= 0.3 is 0 Å². The molecule has 1 rings (SSSR count). The molecule has 0 fully saturated rings. The fourth-order valence-corrected chi connectivity index (χ4v) is 2.94. The second kappa shape index (κ2) is 5.88. The van der Waals surface area contributed by atoms with Gasteiger partial charge in [0.05, 0.1) is 4.34 Å². The van der Waals surface area contributed by atoms with Crippen LogP contribution in [0.15, 0.2) is 6.07 Å². The van der Waals surface area contributed by atoms with Gasteiger partial charge in [-0.2, -0.15) is 0 Å². The van der Waals surface area contributed by atoms with Gasteiger partial charge in [0, 0.05) is 10.9 Å². The minimum absolute atomic E-state index is 0.455. The van der Waals surface area contributed by atoms with Crippen LogP contribution in [-0.4, -0.2) is 7.05 Å². The van der Waals surface area contributed by atoms with Crippen molar-refractivity contribution in [3.05, 3.63) is 20.8 Å². The number of nitrogens with one attached hydrogen (secondary N) is 1. The molecule has 0 aliphatic carbocycles. The van der Waals surface area contributed by atoms with Gasteiger partial charge in [0.25, 0.3) is 0 Å². The van der Waals surface area contributed by atoms with Gasteiger partial charge in [0.2, 0.25) is 0 Å². The quantitative estimate of drug-likeness (QED) is 0.811. The maximum atomic E-state index is 6.09. The molecule has 1 aromatic rings. The van der Waals surface area contributed by atoms with Crippen LogP contribution in [0.2, 0.25) is 4.34 Å². The van der Waals surface area contributed by atoms with Crippen molar-refractivity contribution in [3.63, 3.8) is 0 Å². The van der Waals surface area contributed by atoms with Gasteiger partial charge < -0.3 is 5.32 Å². The lowest BCUT2D eigenvalue weighted by molar-refractivity contribution is 0.426. The van der Waals surface area contributed by atoms with Crippen LogP contribution in [0.5, 0.6) is 0 Å². The molecule has 2 unspecified atom stereocenters. The Balaban J connectivity index is 2.74. The van der Waals surface area contributed by atoms with Crippen LogP contribution in [0.25, 0.3) is 0 Å². The Kier molecular flexibility index (Phi) is 5.10. The zero-order valence-electron chi connectivity index (χ0n) is 9.93. The topological polar surface area (TPSA) is 12.0 Å². The Morgan fingerprint density at radius 3 is 2.60 bits per heavy atom. The van der Waals surface area contributed by atoms with Gasteiger partial charge in [-0.05, 0) is 37.9 Å². The molecule has 0 radical (unpaired) electrons. The van der Waals surface area contributed by atoms with Crippen molar-refractivity contribution in [1.29, 1.82) is 0 Å². The van der Waals surface area contributed by atoms with Crippen molar-refractivity contribution in [3.8, 4) is 0 Å². The monoisotopic (exact) mass is 245 g/mol. The van der Waals surface area contributed by atoms with Crippen LogP contribution in [-0.2, 0) is 0 Å². The van der Waals surface area contributed by atoms with E-state index < -0.39 is 0 Å². The highest BCUT2D eigenvalue weighted by Gasteiger charge is 2.15. The third kappa shape index (κ3) is 3.47. The van der Waals surface area contributed by atoms with Gasteiger partial charge in [-0.25, -0.2) is 0 Å². The van der Waals surface area contributed by atoms with E-state index in [1.54, 1.807) is 11.3 Å². The maximum Gasteiger partial charge on any atom is 0.0960 e. The summed E-state index contributed by atoms with van der Waals surface area (Å²) in [7, 11) is 2.02. The lowest BCUT2D eigenvalue weighted by Crippen LogP contribution is -2.17. The second-order valence-corrected chi connectivity index (χ2v) is 5.88. The third-order valence-electron chi connectivity index (χ3n) is 2.90. The first kappa shape index (κ1) is 13.0. The molecule has 0 amide bonds. The van der Waals surface area contributed by atoms with E-state index in [9.17, 15) is 0 Å². The zero-order chi connectivity index (χ0) is 11.4. The molecule has 15 heavy (non-hydrogen) atoms. The van der Waals surface area contributed by atoms with Crippen LogP contribution in [0.3, 0.4) is 0 Å². The molecule has 0 aliphatic heterocycles. The highest BCUT2D eigenvalue weighted by molar-refractivity contribution is 7.16. The Morgan fingerprint density at radius 1 is 1.53 bits per heavy atom. The molecule has 0 bridgehead atoms. The SMILES string of the molecule is CCC(C)CC(NC)c1cc(C)c(Cl)s1. The number of thiophene rings is 1. The molecule has 0 saturated carbocycles. The molecule has 0 aliphatic rings. The highest BCUT2D eigenvalue weighted by atomic mass is 35.5. The second-order valence-electron chi connectivity index (χ2n) is 4.20. The van der Waals surface area contributed by atoms with Crippen molar-refractivity contribution in [2.45, 2.75) is 39.7 Å². The predicted octanol–water partition coefficient (Wildman–Crippen LogP) is 4.41. The minimum atomic E-state index is 0.455. The van der Waals surface area contributed by atoms with Crippen LogP contribution >= 0.6 is 22.9 Å². The van der Waals surface area contributed by atoms with E-state index in [1.165, 1.54) is 23.3 Å². The van der Waals surface area contributed by atoms with E-state index in [1.807, 2.05) is 7.05 Å². The average Bonchev–Trinajstić information content (AvgIpc) is 2.55. The molecule has 3 heteroatoms. The van der Waals surface area contributed by atoms with Crippen LogP contribution in [0, 0.1) is 12.8 Å². The Hall–Kier alpha value is -0.0500. The predicted molar refractivity (Wildman–Crippen MR) is 69.9 cm³/mol. The number of aryl methyl sites for hydroxylation is 1. The summed E-state index contributed by atoms with van der Waals surface area (Å²) in [6, 6.07) is 2.66. The van der Waals surface area contributed by atoms with E-state index in [-0.39, 0.29) is 0 Å². The minimum Gasteiger partial charge on any atom is -0.312 e. The molecular weight excluding hydrogens is 226 g/mol. The normalized spacial score (nSPS) is 15.3. The molecule has 0 aromatic carbocycles. The summed E-state index contributed by atoms with van der Waals surface area (Å²) in [6.07, 6.45) is 2.42. The first-order valence-corrected chi connectivity index (χ1v) is 6.71. The standard InChI is InChI=1S/C12H20ClNS/c1-5-8(2)6-10(14-4)11-7-9(3)12(13)15-11/h7-8,10,14H,5-6H2,1-4H3. The van der Waals surface area contributed by atoms with E-state index in [2.05, 4.69) is 32.2 Å². The van der Waals surface area contributed by atoms with Crippen molar-refractivity contribution >= 4 is 22.9 Å². The smallest absolute Gasteiger partial charge is 0.0960 e. The summed E-state index contributed by atoms with van der Waals surface area (Å²) < 4.78 is 0.925. The van der Waals surface area contributed by atoms with E-state index >= 15 is 0 Å². The first-order chi connectivity index (χ1) is 7.08. The van der Waals surface area contributed by atoms with Crippen molar-refractivity contribution in [1.82, 2.24) is 5.32 Å². The molecule has 1 nitrogen and oxygen atoms in total. The van der Waals surface area contributed by atoms with Gasteiger partial charge in [-0.1, -0.05) is 31.9 Å². The van der Waals surface area contributed by atoms with Crippen LogP contribution in [0.1, 0.15) is 43.2 Å². The highest BCUT2D eigenvalue weighted by Crippen LogP contribution is 2.33. The summed E-state index contributed by atoms with van der Waals surface area (Å²) >= 11 is 7.79. The molecule has 1 N–H and O–H groups in total. The molecular formula is C12H20ClNS. The van der Waals surface area contributed by atoms with Gasteiger partial charge in [0.15, 0.2) is 0 Å². The molecule has 0 spiro atoms. The third-order valence-corrected chi connectivity index (χ3v) is 4.57. The van der Waals surface area contributed by atoms with Crippen LogP contribution in [0.4, 0.5) is 0 Å². The lowest BCUT2D eigenvalue weighted by atomic mass is 9.98. The molecule has 86 valence electrons. The summed E-state index contributed by atoms with van der Waals surface area (Å²) in [4.78, 5) is 1.36. The lowest BCUT2D eigenvalue weighted by Gasteiger charge is -2.18. The van der Waals surface area contributed by atoms with Gasteiger partial charge in [-0.3, -0.25) is 0 Å². The Morgan fingerprint density at radius 2 is 2.20 bits per heavy atom. The summed E-state index contributed by atoms with van der Waals surface area (Å²) in [5, 5.41) is 3.38. The van der Waals surface area contributed by atoms with E-state index in [0.29, 0.717) is 6.04 Å². The van der Waals surface area contributed by atoms with E-state index in [0.717, 1.165) is 10.3 Å². The average molecular weight is 246 g/mol. The number of rotatable bonds is 5. The molecule has 2 atom stereocenters. The number of hydrogen-bond donors (Lipinski definition) is 1. The van der Waals surface area contributed by atoms with Crippen molar-refractivity contribution < 1.29 is 0 Å². The zero-order valence-corrected chi connectivity index (χ0v) is 11.5. The van der Waals surface area contributed by atoms with Crippen molar-refractivity contribution in [2.75, 3.05) is 7.05 Å². The van der Waals surface area contributed by atoms with Gasteiger partial charge in [0.1, 0.15) is 0 Å². The molecule has 1 heterocycles. The Bertz CT molecular complexity index is 289. The number of halogens is 1. The molecule has 1 aromatic heterocycles. The Labute approximate surface area is 102 Å². The van der Waals surface area contributed by atoms with Gasteiger partial charge in [-0.15, -0.1) is 11.3 Å². The summed E-state index contributed by atoms with van der Waals surface area (Å²) in [5.41, 5.74) is 1.20. The fourth-order valence-electron chi connectivity index (χ4n) is 1.60. The van der Waals surface area contributed by atoms with Crippen LogP contribution < -0.4 is 5.32 Å². The number of hydrogen-bond acceptors (Lipinski definition) is 2. The molecule has 0 saturated heterocycles. The van der Waals surface area contributed by atoms with Crippen molar-refractivity contribution in [2.24, 2.45) is 5.92 Å². The van der Waals surface area contributed by atoms with E-state index in [4.69, 9.17) is 11.6 Å².